The summed E-state index contributed by atoms with van der Waals surface area (Å²) in [5, 5.41) is 2.89. The van der Waals surface area contributed by atoms with Crippen LogP contribution in [0.15, 0.2) is 48.5 Å². The molecule has 0 radical (unpaired) electrons. The van der Waals surface area contributed by atoms with E-state index in [1.807, 2.05) is 30.1 Å². The first kappa shape index (κ1) is 22.4. The highest BCUT2D eigenvalue weighted by Gasteiger charge is 2.30. The van der Waals surface area contributed by atoms with Gasteiger partial charge in [0, 0.05) is 32.9 Å². The van der Waals surface area contributed by atoms with Crippen molar-refractivity contribution in [3.63, 3.8) is 0 Å². The fourth-order valence-electron chi connectivity index (χ4n) is 3.40. The van der Waals surface area contributed by atoms with Crippen molar-refractivity contribution >= 4 is 29.3 Å². The summed E-state index contributed by atoms with van der Waals surface area (Å²) in [4.78, 5) is 28.1. The zero-order valence-electron chi connectivity index (χ0n) is 19.1. The van der Waals surface area contributed by atoms with Gasteiger partial charge in [0.2, 0.25) is 5.91 Å². The summed E-state index contributed by atoms with van der Waals surface area (Å²) in [7, 11) is 5.34. The molecule has 164 valence electrons. The van der Waals surface area contributed by atoms with Crippen molar-refractivity contribution in [2.45, 2.75) is 32.3 Å². The second kappa shape index (κ2) is 8.84. The number of fused-ring (bicyclic) bond motifs is 1. The van der Waals surface area contributed by atoms with Gasteiger partial charge in [-0.05, 0) is 40.8 Å². The number of nitrogens with zero attached hydrogens (tertiary/aromatic N) is 2. The summed E-state index contributed by atoms with van der Waals surface area (Å²) in [6, 6.07) is 13.6. The van der Waals surface area contributed by atoms with E-state index in [0.717, 1.165) is 11.3 Å². The van der Waals surface area contributed by atoms with Gasteiger partial charge in [0.25, 0.3) is 5.91 Å². The third-order valence-corrected chi connectivity index (χ3v) is 5.27. The number of anilines is 2. The van der Waals surface area contributed by atoms with Gasteiger partial charge >= 0.3 is 0 Å². The van der Waals surface area contributed by atoms with Crippen LogP contribution in [-0.4, -0.2) is 50.5 Å². The lowest BCUT2D eigenvalue weighted by Gasteiger charge is -2.34. The Morgan fingerprint density at radius 3 is 2.42 bits per heavy atom. The number of carbonyl (C=O) groups excluding carboxylic acids is 2. The molecule has 1 aliphatic rings. The first-order valence-electron chi connectivity index (χ1n) is 10.4. The smallest absolute Gasteiger partial charge is 0.265 e. The Bertz CT molecular complexity index is 988. The van der Waals surface area contributed by atoms with Crippen molar-refractivity contribution in [3.8, 4) is 5.75 Å². The zero-order chi connectivity index (χ0) is 22.8. The molecule has 0 saturated heterocycles. The van der Waals surface area contributed by atoms with E-state index in [9.17, 15) is 9.59 Å². The molecule has 0 aromatic heterocycles. The molecule has 0 spiro atoms. The van der Waals surface area contributed by atoms with Crippen LogP contribution in [0.3, 0.4) is 0 Å². The number of nitrogens with one attached hydrogen (secondary N) is 1. The molecule has 6 nitrogen and oxygen atoms in total. The lowest BCUT2D eigenvalue weighted by Crippen LogP contribution is -2.47. The molecule has 1 unspecified atom stereocenters. The quantitative estimate of drug-likeness (QED) is 0.760. The van der Waals surface area contributed by atoms with Crippen LogP contribution in [0.2, 0.25) is 0 Å². The van der Waals surface area contributed by atoms with Crippen LogP contribution < -0.4 is 15.0 Å². The second-order valence-corrected chi connectivity index (χ2v) is 9.10. The van der Waals surface area contributed by atoms with Gasteiger partial charge in [-0.15, -0.1) is 0 Å². The van der Waals surface area contributed by atoms with Crippen LogP contribution in [-0.2, 0) is 15.0 Å². The summed E-state index contributed by atoms with van der Waals surface area (Å²) in [5.41, 5.74) is 3.83. The molecule has 1 atom stereocenters. The molecular weight excluding hydrogens is 390 g/mol. The lowest BCUT2D eigenvalue weighted by molar-refractivity contribution is -0.135. The topological polar surface area (TPSA) is 61.9 Å². The maximum absolute atomic E-state index is 12.4. The number of ether oxygens (including phenoxy) is 1. The fraction of sp³-hybridized carbons (Fsp3) is 0.360. The van der Waals surface area contributed by atoms with Gasteiger partial charge in [-0.2, -0.15) is 0 Å². The number of amides is 2. The van der Waals surface area contributed by atoms with Crippen molar-refractivity contribution in [1.29, 1.82) is 0 Å². The van der Waals surface area contributed by atoms with Gasteiger partial charge in [0.05, 0.1) is 12.2 Å². The van der Waals surface area contributed by atoms with E-state index in [1.54, 1.807) is 32.3 Å². The van der Waals surface area contributed by atoms with E-state index < -0.39 is 6.10 Å². The van der Waals surface area contributed by atoms with Crippen LogP contribution in [0.1, 0.15) is 31.9 Å². The average Bonchev–Trinajstić information content (AvgIpc) is 2.71. The number of likely N-dealkylation sites (N-methyl/N-ethyl adjacent to an activating group) is 2. The van der Waals surface area contributed by atoms with Gasteiger partial charge < -0.3 is 19.9 Å². The van der Waals surface area contributed by atoms with E-state index in [0.29, 0.717) is 18.0 Å². The Kier molecular flexibility index (Phi) is 6.39. The summed E-state index contributed by atoms with van der Waals surface area (Å²) in [5.74, 6) is 0.344. The molecule has 31 heavy (non-hydrogen) atoms. The molecular formula is C25H31N3O3. The molecule has 6 heteroatoms. The summed E-state index contributed by atoms with van der Waals surface area (Å²) in [6.07, 6.45) is 2.78. The first-order valence-corrected chi connectivity index (χ1v) is 10.4. The Hall–Kier alpha value is -3.28. The van der Waals surface area contributed by atoms with Crippen LogP contribution >= 0.6 is 0 Å². The molecule has 1 aliphatic heterocycles. The van der Waals surface area contributed by atoms with Gasteiger partial charge in [0.15, 0.2) is 6.10 Å². The predicted molar refractivity (Wildman–Crippen MR) is 126 cm³/mol. The number of benzene rings is 2. The molecule has 1 N–H and O–H groups in total. The molecule has 2 aromatic rings. The Balaban J connectivity index is 1.66. The third kappa shape index (κ3) is 5.45. The minimum absolute atomic E-state index is 0.0736. The maximum atomic E-state index is 12.4. The highest BCUT2D eigenvalue weighted by Crippen LogP contribution is 2.35. The number of rotatable bonds is 4. The molecule has 2 aromatic carbocycles. The molecule has 0 bridgehead atoms. The summed E-state index contributed by atoms with van der Waals surface area (Å²) < 4.78 is 5.86. The van der Waals surface area contributed by atoms with Crippen LogP contribution in [0.25, 0.3) is 6.08 Å². The van der Waals surface area contributed by atoms with Crippen molar-refractivity contribution in [1.82, 2.24) is 4.90 Å². The van der Waals surface area contributed by atoms with E-state index in [2.05, 4.69) is 38.2 Å². The van der Waals surface area contributed by atoms with Crippen molar-refractivity contribution < 1.29 is 14.3 Å². The molecule has 1 heterocycles. The van der Waals surface area contributed by atoms with Gasteiger partial charge in [-0.25, -0.2) is 0 Å². The van der Waals surface area contributed by atoms with E-state index in [-0.39, 0.29) is 17.2 Å². The highest BCUT2D eigenvalue weighted by molar-refractivity contribution is 6.02. The fourth-order valence-corrected chi connectivity index (χ4v) is 3.40. The Labute approximate surface area is 184 Å². The van der Waals surface area contributed by atoms with Crippen LogP contribution in [0.5, 0.6) is 5.75 Å². The van der Waals surface area contributed by atoms with Gasteiger partial charge in [0.1, 0.15) is 5.75 Å². The Morgan fingerprint density at radius 1 is 1.13 bits per heavy atom. The standard InChI is InChI=1S/C25H31N3O3/c1-25(2,3)18-10-7-17(8-11-18)9-14-23(29)26-19-12-13-21-20(15-19)28(6)16-22(31-21)24(30)27(4)5/h7-15,22H,16H2,1-6H3,(H,26,29). The molecule has 2 amide bonds. The van der Waals surface area contributed by atoms with Gasteiger partial charge in [-0.3, -0.25) is 9.59 Å². The third-order valence-electron chi connectivity index (χ3n) is 5.27. The minimum atomic E-state index is -0.541. The first-order chi connectivity index (χ1) is 14.5. The monoisotopic (exact) mass is 421 g/mol. The SMILES string of the molecule is CN(C)C(=O)C1CN(C)c2cc(NC(=O)C=Cc3ccc(C(C)(C)C)cc3)ccc2O1. The maximum Gasteiger partial charge on any atom is 0.265 e. The van der Waals surface area contributed by atoms with E-state index >= 15 is 0 Å². The van der Waals surface area contributed by atoms with Crippen molar-refractivity contribution in [3.05, 3.63) is 59.7 Å². The van der Waals surface area contributed by atoms with Gasteiger partial charge in [-0.1, -0.05) is 45.0 Å². The van der Waals surface area contributed by atoms with Crippen LogP contribution in [0, 0.1) is 0 Å². The molecule has 0 aliphatic carbocycles. The normalized spacial score (nSPS) is 15.9. The van der Waals surface area contributed by atoms with Crippen molar-refractivity contribution in [2.24, 2.45) is 0 Å². The highest BCUT2D eigenvalue weighted by atomic mass is 16.5. The zero-order valence-corrected chi connectivity index (χ0v) is 19.1. The molecule has 0 fully saturated rings. The largest absolute Gasteiger partial charge is 0.477 e. The molecule has 3 rings (SSSR count). The summed E-state index contributed by atoms with van der Waals surface area (Å²) in [6.45, 7) is 6.97. The summed E-state index contributed by atoms with van der Waals surface area (Å²) >= 11 is 0. The van der Waals surface area contributed by atoms with Crippen molar-refractivity contribution in [2.75, 3.05) is 37.9 Å². The number of carbonyl (C=O) groups is 2. The Morgan fingerprint density at radius 2 is 1.81 bits per heavy atom. The predicted octanol–water partition coefficient (Wildman–Crippen LogP) is 3.92. The van der Waals surface area contributed by atoms with E-state index in [1.165, 1.54) is 16.5 Å². The average molecular weight is 422 g/mol. The van der Waals surface area contributed by atoms with E-state index in [4.69, 9.17) is 4.74 Å². The lowest BCUT2D eigenvalue weighted by atomic mass is 9.87. The number of hydrogen-bond acceptors (Lipinski definition) is 4. The minimum Gasteiger partial charge on any atom is -0.477 e. The number of hydrogen-bond donors (Lipinski definition) is 1. The second-order valence-electron chi connectivity index (χ2n) is 9.10. The van der Waals surface area contributed by atoms with Crippen LogP contribution in [0.4, 0.5) is 11.4 Å². The molecule has 0 saturated carbocycles.